The Bertz CT molecular complexity index is 624. The molecule has 0 atom stereocenters. The van der Waals surface area contributed by atoms with E-state index in [4.69, 9.17) is 0 Å². The van der Waals surface area contributed by atoms with Gasteiger partial charge in [0.25, 0.3) is 5.91 Å². The summed E-state index contributed by atoms with van der Waals surface area (Å²) in [6.07, 6.45) is 0. The van der Waals surface area contributed by atoms with Crippen LogP contribution in [0, 0.1) is 13.8 Å². The minimum Gasteiger partial charge on any atom is -0.507 e. The Morgan fingerprint density at radius 2 is 1.84 bits per heavy atom. The summed E-state index contributed by atoms with van der Waals surface area (Å²) in [4.78, 5) is 20.2. The molecule has 98 valence electrons. The van der Waals surface area contributed by atoms with Crippen LogP contribution in [0.1, 0.15) is 21.7 Å². The molecule has 2 N–H and O–H groups in total. The molecule has 5 nitrogen and oxygen atoms in total. The van der Waals surface area contributed by atoms with Crippen molar-refractivity contribution in [2.75, 3.05) is 5.32 Å². The molecule has 0 fully saturated rings. The number of phenols is 1. The van der Waals surface area contributed by atoms with Gasteiger partial charge in [0.05, 0.1) is 5.56 Å². The van der Waals surface area contributed by atoms with Crippen LogP contribution in [0.15, 0.2) is 28.7 Å². The fraction of sp³-hybridized carbons (Fsp3) is 0.154. The number of phenolic OH excluding ortho intramolecular Hbond substituents is 1. The van der Waals surface area contributed by atoms with Crippen molar-refractivity contribution in [1.29, 1.82) is 0 Å². The van der Waals surface area contributed by atoms with E-state index < -0.39 is 5.91 Å². The molecule has 0 spiro atoms. The molecular weight excluding hydrogens is 310 g/mol. The van der Waals surface area contributed by atoms with Gasteiger partial charge in [0.2, 0.25) is 5.95 Å². The predicted octanol–water partition coefficient (Wildman–Crippen LogP) is 2.81. The number of aromatic nitrogens is 2. The van der Waals surface area contributed by atoms with Crippen molar-refractivity contribution >= 4 is 27.8 Å². The van der Waals surface area contributed by atoms with Crippen molar-refractivity contribution in [2.24, 2.45) is 0 Å². The van der Waals surface area contributed by atoms with Crippen molar-refractivity contribution in [3.63, 3.8) is 0 Å². The number of nitrogens with one attached hydrogen (secondary N) is 1. The Kier molecular flexibility index (Phi) is 3.80. The first-order valence-electron chi connectivity index (χ1n) is 5.58. The van der Waals surface area contributed by atoms with E-state index in [1.54, 1.807) is 6.07 Å². The number of carbonyl (C=O) groups excluding carboxylic acids is 1. The number of nitrogens with zero attached hydrogens (tertiary/aromatic N) is 2. The highest BCUT2D eigenvalue weighted by molar-refractivity contribution is 9.10. The molecule has 1 aromatic carbocycles. The second kappa shape index (κ2) is 5.36. The number of amides is 1. The number of benzene rings is 1. The van der Waals surface area contributed by atoms with Gasteiger partial charge in [-0.25, -0.2) is 9.97 Å². The van der Waals surface area contributed by atoms with E-state index in [0.29, 0.717) is 4.47 Å². The molecule has 6 heteroatoms. The first-order chi connectivity index (χ1) is 8.95. The van der Waals surface area contributed by atoms with Crippen molar-refractivity contribution in [3.05, 3.63) is 45.7 Å². The Morgan fingerprint density at radius 3 is 2.42 bits per heavy atom. The van der Waals surface area contributed by atoms with Crippen molar-refractivity contribution in [1.82, 2.24) is 9.97 Å². The molecule has 0 radical (unpaired) electrons. The van der Waals surface area contributed by atoms with Gasteiger partial charge in [0.15, 0.2) is 0 Å². The summed E-state index contributed by atoms with van der Waals surface area (Å²) in [6.45, 7) is 3.64. The summed E-state index contributed by atoms with van der Waals surface area (Å²) >= 11 is 3.21. The summed E-state index contributed by atoms with van der Waals surface area (Å²) < 4.78 is 0.698. The maximum Gasteiger partial charge on any atom is 0.261 e. The highest BCUT2D eigenvalue weighted by Gasteiger charge is 2.13. The molecule has 0 bridgehead atoms. The van der Waals surface area contributed by atoms with Crippen LogP contribution in [0.2, 0.25) is 0 Å². The number of halogens is 1. The van der Waals surface area contributed by atoms with Gasteiger partial charge in [0, 0.05) is 15.9 Å². The third-order valence-corrected chi connectivity index (χ3v) is 2.91. The van der Waals surface area contributed by atoms with E-state index in [0.717, 1.165) is 11.4 Å². The van der Waals surface area contributed by atoms with E-state index in [1.165, 1.54) is 12.1 Å². The van der Waals surface area contributed by atoms with Crippen LogP contribution in [0.3, 0.4) is 0 Å². The highest BCUT2D eigenvalue weighted by atomic mass is 79.9. The molecular formula is C13H12BrN3O2. The number of rotatable bonds is 2. The second-order valence-electron chi connectivity index (χ2n) is 4.09. The summed E-state index contributed by atoms with van der Waals surface area (Å²) in [5.74, 6) is -0.323. The van der Waals surface area contributed by atoms with Crippen molar-refractivity contribution in [3.8, 4) is 5.75 Å². The average Bonchev–Trinajstić information content (AvgIpc) is 2.26. The Hall–Kier alpha value is -1.95. The molecule has 2 aromatic rings. The first kappa shape index (κ1) is 13.5. The molecule has 0 aliphatic heterocycles. The molecule has 0 saturated heterocycles. The molecule has 19 heavy (non-hydrogen) atoms. The van der Waals surface area contributed by atoms with Crippen LogP contribution in [0.5, 0.6) is 5.75 Å². The lowest BCUT2D eigenvalue weighted by Gasteiger charge is -2.07. The molecule has 1 amide bonds. The predicted molar refractivity (Wildman–Crippen MR) is 75.3 cm³/mol. The monoisotopic (exact) mass is 321 g/mol. The van der Waals surface area contributed by atoms with E-state index >= 15 is 0 Å². The maximum atomic E-state index is 12.0. The number of hydrogen-bond acceptors (Lipinski definition) is 4. The zero-order chi connectivity index (χ0) is 14.0. The Morgan fingerprint density at radius 1 is 1.21 bits per heavy atom. The zero-order valence-electron chi connectivity index (χ0n) is 10.4. The summed E-state index contributed by atoms with van der Waals surface area (Å²) in [5, 5.41) is 12.3. The van der Waals surface area contributed by atoms with Gasteiger partial charge in [-0.2, -0.15) is 0 Å². The van der Waals surface area contributed by atoms with Crippen molar-refractivity contribution in [2.45, 2.75) is 13.8 Å². The Balaban J connectivity index is 2.25. The lowest BCUT2D eigenvalue weighted by atomic mass is 10.2. The molecule has 2 rings (SSSR count). The molecule has 1 heterocycles. The molecule has 0 aliphatic carbocycles. The standard InChI is InChI=1S/C13H12BrN3O2/c1-7-5-8(2)16-13(15-7)17-12(19)10-4-3-9(14)6-11(10)18/h3-6,18H,1-2H3,(H,15,16,17,19). The molecule has 0 unspecified atom stereocenters. The smallest absolute Gasteiger partial charge is 0.261 e. The van der Waals surface area contributed by atoms with Crippen LogP contribution < -0.4 is 5.32 Å². The second-order valence-corrected chi connectivity index (χ2v) is 5.01. The van der Waals surface area contributed by atoms with Crippen LogP contribution in [-0.4, -0.2) is 21.0 Å². The minimum absolute atomic E-state index is 0.101. The van der Waals surface area contributed by atoms with Crippen LogP contribution >= 0.6 is 15.9 Å². The van der Waals surface area contributed by atoms with Crippen LogP contribution in [-0.2, 0) is 0 Å². The van der Waals surface area contributed by atoms with E-state index in [9.17, 15) is 9.90 Å². The summed E-state index contributed by atoms with van der Waals surface area (Å²) in [5.41, 5.74) is 1.71. The van der Waals surface area contributed by atoms with Crippen molar-refractivity contribution < 1.29 is 9.90 Å². The lowest BCUT2D eigenvalue weighted by Crippen LogP contribution is -2.15. The van der Waals surface area contributed by atoms with Gasteiger partial charge in [-0.1, -0.05) is 15.9 Å². The van der Waals surface area contributed by atoms with Gasteiger partial charge in [-0.3, -0.25) is 10.1 Å². The number of anilines is 1. The molecule has 1 aromatic heterocycles. The number of aromatic hydroxyl groups is 1. The fourth-order valence-corrected chi connectivity index (χ4v) is 2.00. The SMILES string of the molecule is Cc1cc(C)nc(NC(=O)c2ccc(Br)cc2O)n1. The molecule has 0 aliphatic rings. The van der Waals surface area contributed by atoms with Crippen LogP contribution in [0.25, 0.3) is 0 Å². The van der Waals surface area contributed by atoms with Crippen LogP contribution in [0.4, 0.5) is 5.95 Å². The van der Waals surface area contributed by atoms with E-state index in [1.807, 2.05) is 19.9 Å². The zero-order valence-corrected chi connectivity index (χ0v) is 12.0. The average molecular weight is 322 g/mol. The largest absolute Gasteiger partial charge is 0.507 e. The summed E-state index contributed by atoms with van der Waals surface area (Å²) in [7, 11) is 0. The van der Waals surface area contributed by atoms with Gasteiger partial charge in [0.1, 0.15) is 5.75 Å². The highest BCUT2D eigenvalue weighted by Crippen LogP contribution is 2.22. The van der Waals surface area contributed by atoms with Gasteiger partial charge in [-0.15, -0.1) is 0 Å². The number of hydrogen-bond donors (Lipinski definition) is 2. The molecule has 0 saturated carbocycles. The first-order valence-corrected chi connectivity index (χ1v) is 6.37. The van der Waals surface area contributed by atoms with Gasteiger partial charge < -0.3 is 5.11 Å². The third kappa shape index (κ3) is 3.29. The summed E-state index contributed by atoms with van der Waals surface area (Å²) in [6, 6.07) is 6.47. The normalized spacial score (nSPS) is 10.3. The van der Waals surface area contributed by atoms with Gasteiger partial charge >= 0.3 is 0 Å². The topological polar surface area (TPSA) is 75.1 Å². The minimum atomic E-state index is -0.449. The quantitative estimate of drug-likeness (QED) is 0.891. The Labute approximate surface area is 118 Å². The van der Waals surface area contributed by atoms with E-state index in [2.05, 4.69) is 31.2 Å². The number of aryl methyl sites for hydroxylation is 2. The van der Waals surface area contributed by atoms with Gasteiger partial charge in [-0.05, 0) is 38.1 Å². The van der Waals surface area contributed by atoms with E-state index in [-0.39, 0.29) is 17.3 Å². The maximum absolute atomic E-state index is 12.0. The lowest BCUT2D eigenvalue weighted by molar-refractivity contribution is 0.102. The number of carbonyl (C=O) groups is 1. The third-order valence-electron chi connectivity index (χ3n) is 2.41. The fourth-order valence-electron chi connectivity index (χ4n) is 1.65.